The van der Waals surface area contributed by atoms with E-state index < -0.39 is 0 Å². The molecule has 0 radical (unpaired) electrons. The SMILES string of the molecule is CCCCCC(OCC)C1CCC(c2ccccc2-c2ccccc2)CC1. The summed E-state index contributed by atoms with van der Waals surface area (Å²) in [5, 5.41) is 0. The Labute approximate surface area is 166 Å². The smallest absolute Gasteiger partial charge is 0.0603 e. The molecule has 2 aromatic rings. The largest absolute Gasteiger partial charge is 0.378 e. The van der Waals surface area contributed by atoms with E-state index in [0.717, 1.165) is 12.5 Å². The highest BCUT2D eigenvalue weighted by molar-refractivity contribution is 5.68. The molecule has 0 saturated heterocycles. The van der Waals surface area contributed by atoms with Crippen molar-refractivity contribution in [2.75, 3.05) is 6.61 Å². The van der Waals surface area contributed by atoms with Crippen LogP contribution in [-0.4, -0.2) is 12.7 Å². The average molecular weight is 365 g/mol. The highest BCUT2D eigenvalue weighted by atomic mass is 16.5. The predicted octanol–water partition coefficient (Wildman–Crippen LogP) is 7.61. The van der Waals surface area contributed by atoms with Crippen molar-refractivity contribution in [2.45, 2.75) is 77.2 Å². The van der Waals surface area contributed by atoms with Crippen LogP contribution in [0.3, 0.4) is 0 Å². The van der Waals surface area contributed by atoms with Crippen LogP contribution in [0.2, 0.25) is 0 Å². The Morgan fingerprint density at radius 1 is 0.852 bits per heavy atom. The lowest BCUT2D eigenvalue weighted by Crippen LogP contribution is -2.28. The van der Waals surface area contributed by atoms with Gasteiger partial charge >= 0.3 is 0 Å². The normalized spacial score (nSPS) is 21.1. The van der Waals surface area contributed by atoms with Gasteiger partial charge in [0.2, 0.25) is 0 Å². The van der Waals surface area contributed by atoms with Gasteiger partial charge in [0.1, 0.15) is 0 Å². The quantitative estimate of drug-likeness (QED) is 0.416. The lowest BCUT2D eigenvalue weighted by Gasteiger charge is -2.34. The van der Waals surface area contributed by atoms with Crippen molar-refractivity contribution in [3.8, 4) is 11.1 Å². The van der Waals surface area contributed by atoms with Crippen molar-refractivity contribution in [2.24, 2.45) is 5.92 Å². The highest BCUT2D eigenvalue weighted by Crippen LogP contribution is 2.41. The van der Waals surface area contributed by atoms with Gasteiger partial charge in [-0.3, -0.25) is 0 Å². The van der Waals surface area contributed by atoms with Crippen LogP contribution in [0.15, 0.2) is 54.6 Å². The zero-order valence-electron chi connectivity index (χ0n) is 17.2. The average Bonchev–Trinajstić information content (AvgIpc) is 2.74. The van der Waals surface area contributed by atoms with E-state index >= 15 is 0 Å². The van der Waals surface area contributed by atoms with Gasteiger partial charge in [-0.1, -0.05) is 80.8 Å². The standard InChI is InChI=1S/C26H36O/c1-3-5-7-16-26(27-4-2)23-19-17-22(18-20-23)25-15-11-10-14-24(25)21-12-8-6-9-13-21/h6,8-15,22-23,26H,3-5,7,16-20H2,1-2H3. The summed E-state index contributed by atoms with van der Waals surface area (Å²) in [6.07, 6.45) is 10.9. The number of rotatable bonds is 9. The molecular weight excluding hydrogens is 328 g/mol. The molecule has 1 unspecified atom stereocenters. The highest BCUT2D eigenvalue weighted by Gasteiger charge is 2.29. The third-order valence-electron chi connectivity index (χ3n) is 6.26. The summed E-state index contributed by atoms with van der Waals surface area (Å²) < 4.78 is 6.16. The fraction of sp³-hybridized carbons (Fsp3) is 0.538. The van der Waals surface area contributed by atoms with Gasteiger partial charge in [0.15, 0.2) is 0 Å². The lowest BCUT2D eigenvalue weighted by atomic mass is 9.74. The van der Waals surface area contributed by atoms with E-state index in [2.05, 4.69) is 68.4 Å². The summed E-state index contributed by atoms with van der Waals surface area (Å²) in [6, 6.07) is 19.9. The maximum atomic E-state index is 6.16. The van der Waals surface area contributed by atoms with Crippen LogP contribution in [0.1, 0.15) is 76.7 Å². The molecule has 3 rings (SSSR count). The topological polar surface area (TPSA) is 9.23 Å². The minimum Gasteiger partial charge on any atom is -0.378 e. The van der Waals surface area contributed by atoms with Crippen LogP contribution in [0.4, 0.5) is 0 Å². The molecule has 0 heterocycles. The molecule has 27 heavy (non-hydrogen) atoms. The Balaban J connectivity index is 1.65. The Morgan fingerprint density at radius 3 is 2.26 bits per heavy atom. The van der Waals surface area contributed by atoms with Crippen LogP contribution in [0, 0.1) is 5.92 Å². The summed E-state index contributed by atoms with van der Waals surface area (Å²) in [5.41, 5.74) is 4.31. The summed E-state index contributed by atoms with van der Waals surface area (Å²) in [6.45, 7) is 5.28. The molecule has 1 saturated carbocycles. The fourth-order valence-electron chi connectivity index (χ4n) is 4.80. The first-order chi connectivity index (χ1) is 13.3. The molecular formula is C26H36O. The van der Waals surface area contributed by atoms with Gasteiger partial charge in [0, 0.05) is 6.61 Å². The first-order valence-corrected chi connectivity index (χ1v) is 11.1. The number of benzene rings is 2. The first-order valence-electron chi connectivity index (χ1n) is 11.1. The Kier molecular flexibility index (Phi) is 7.95. The van der Waals surface area contributed by atoms with Gasteiger partial charge in [-0.25, -0.2) is 0 Å². The number of hydrogen-bond donors (Lipinski definition) is 0. The van der Waals surface area contributed by atoms with Crippen molar-refractivity contribution >= 4 is 0 Å². The monoisotopic (exact) mass is 364 g/mol. The third kappa shape index (κ3) is 5.45. The van der Waals surface area contributed by atoms with E-state index in [1.807, 2.05) is 0 Å². The molecule has 1 aliphatic carbocycles. The van der Waals surface area contributed by atoms with Crippen molar-refractivity contribution in [1.82, 2.24) is 0 Å². The molecule has 0 spiro atoms. The molecule has 0 aromatic heterocycles. The molecule has 0 N–H and O–H groups in total. The van der Waals surface area contributed by atoms with Crippen LogP contribution in [-0.2, 0) is 4.74 Å². The molecule has 1 aliphatic rings. The maximum absolute atomic E-state index is 6.16. The lowest BCUT2D eigenvalue weighted by molar-refractivity contribution is -0.00123. The Morgan fingerprint density at radius 2 is 1.56 bits per heavy atom. The minimum absolute atomic E-state index is 0.479. The van der Waals surface area contributed by atoms with Crippen molar-refractivity contribution < 1.29 is 4.74 Å². The third-order valence-corrected chi connectivity index (χ3v) is 6.26. The van der Waals surface area contributed by atoms with Crippen LogP contribution in [0.5, 0.6) is 0 Å². The number of unbranched alkanes of at least 4 members (excludes halogenated alkanes) is 2. The van der Waals surface area contributed by atoms with E-state index in [1.54, 1.807) is 5.56 Å². The summed E-state index contributed by atoms with van der Waals surface area (Å²) in [7, 11) is 0. The number of hydrogen-bond acceptors (Lipinski definition) is 1. The first kappa shape index (κ1) is 20.1. The van der Waals surface area contributed by atoms with Crippen LogP contribution < -0.4 is 0 Å². The molecule has 0 aliphatic heterocycles. The van der Waals surface area contributed by atoms with Crippen molar-refractivity contribution in [1.29, 1.82) is 0 Å². The van der Waals surface area contributed by atoms with Gasteiger partial charge in [-0.05, 0) is 67.6 Å². The van der Waals surface area contributed by atoms with E-state index in [0.29, 0.717) is 12.0 Å². The molecule has 0 amide bonds. The van der Waals surface area contributed by atoms with E-state index in [9.17, 15) is 0 Å². The van der Waals surface area contributed by atoms with Gasteiger partial charge in [0.05, 0.1) is 6.10 Å². The predicted molar refractivity (Wildman–Crippen MR) is 116 cm³/mol. The van der Waals surface area contributed by atoms with E-state index in [-0.39, 0.29) is 0 Å². The molecule has 1 fully saturated rings. The molecule has 1 atom stereocenters. The molecule has 1 heteroatoms. The summed E-state index contributed by atoms with van der Waals surface area (Å²) in [5.74, 6) is 1.44. The minimum atomic E-state index is 0.479. The van der Waals surface area contributed by atoms with E-state index in [1.165, 1.54) is 62.5 Å². The second-order valence-corrected chi connectivity index (χ2v) is 8.05. The van der Waals surface area contributed by atoms with Gasteiger partial charge in [-0.15, -0.1) is 0 Å². The second kappa shape index (κ2) is 10.7. The van der Waals surface area contributed by atoms with Gasteiger partial charge in [-0.2, -0.15) is 0 Å². The van der Waals surface area contributed by atoms with E-state index in [4.69, 9.17) is 4.74 Å². The van der Waals surface area contributed by atoms with Crippen molar-refractivity contribution in [3.05, 3.63) is 60.2 Å². The van der Waals surface area contributed by atoms with Gasteiger partial charge in [0.25, 0.3) is 0 Å². The van der Waals surface area contributed by atoms with Crippen LogP contribution in [0.25, 0.3) is 11.1 Å². The summed E-state index contributed by atoms with van der Waals surface area (Å²) in [4.78, 5) is 0. The maximum Gasteiger partial charge on any atom is 0.0603 e. The Bertz CT molecular complexity index is 655. The second-order valence-electron chi connectivity index (χ2n) is 8.05. The number of ether oxygens (including phenoxy) is 1. The van der Waals surface area contributed by atoms with Gasteiger partial charge < -0.3 is 4.74 Å². The summed E-state index contributed by atoms with van der Waals surface area (Å²) >= 11 is 0. The molecule has 1 nitrogen and oxygen atoms in total. The van der Waals surface area contributed by atoms with Crippen molar-refractivity contribution in [3.63, 3.8) is 0 Å². The van der Waals surface area contributed by atoms with Crippen LogP contribution >= 0.6 is 0 Å². The molecule has 146 valence electrons. The molecule has 0 bridgehead atoms. The zero-order chi connectivity index (χ0) is 18.9. The Hall–Kier alpha value is -1.60. The molecule has 2 aromatic carbocycles. The zero-order valence-corrected chi connectivity index (χ0v) is 17.2. The fourth-order valence-corrected chi connectivity index (χ4v) is 4.80.